The highest BCUT2D eigenvalue weighted by Gasteiger charge is 2.39. The molecule has 0 bridgehead atoms. The molecule has 0 spiro atoms. The molecule has 1 fully saturated rings. The summed E-state index contributed by atoms with van der Waals surface area (Å²) < 4.78 is 5.44. The molecular formula is C19H21NO3. The number of carbonyl (C=O) groups is 1. The number of carbonyl (C=O) groups excluding carboxylic acids is 1. The number of nitrogens with one attached hydrogen (secondary N) is 1. The minimum Gasteiger partial charge on any atom is -0.494 e. The zero-order valence-corrected chi connectivity index (χ0v) is 13.2. The number of amides is 1. The highest BCUT2D eigenvalue weighted by atomic mass is 16.5. The molecule has 4 heteroatoms. The number of hydrogen-bond donors (Lipinski definition) is 2. The summed E-state index contributed by atoms with van der Waals surface area (Å²) in [6.07, 6.45) is 0.958. The molecule has 4 nitrogen and oxygen atoms in total. The molecule has 120 valence electrons. The van der Waals surface area contributed by atoms with Crippen molar-refractivity contribution in [2.45, 2.75) is 31.9 Å². The largest absolute Gasteiger partial charge is 0.494 e. The van der Waals surface area contributed by atoms with Crippen molar-refractivity contribution < 1.29 is 14.6 Å². The first-order chi connectivity index (χ1) is 11.2. The van der Waals surface area contributed by atoms with Crippen LogP contribution in [0.25, 0.3) is 0 Å². The van der Waals surface area contributed by atoms with Crippen LogP contribution < -0.4 is 10.1 Å². The zero-order valence-electron chi connectivity index (χ0n) is 13.2. The number of hydrogen-bond acceptors (Lipinski definition) is 3. The molecular weight excluding hydrogens is 290 g/mol. The van der Waals surface area contributed by atoms with E-state index in [1.165, 1.54) is 5.56 Å². The monoisotopic (exact) mass is 311 g/mol. The van der Waals surface area contributed by atoms with Crippen molar-refractivity contribution in [3.05, 3.63) is 65.2 Å². The molecule has 23 heavy (non-hydrogen) atoms. The Balaban J connectivity index is 1.59. The van der Waals surface area contributed by atoms with Crippen molar-refractivity contribution in [3.63, 3.8) is 0 Å². The second kappa shape index (κ2) is 6.84. The molecule has 2 aromatic rings. The maximum atomic E-state index is 12.3. The van der Waals surface area contributed by atoms with E-state index in [-0.39, 0.29) is 18.6 Å². The Kier molecular flexibility index (Phi) is 4.63. The summed E-state index contributed by atoms with van der Waals surface area (Å²) in [4.78, 5) is 12.3. The molecule has 2 atom stereocenters. The average molecular weight is 311 g/mol. The fraction of sp³-hybridized carbons (Fsp3) is 0.316. The van der Waals surface area contributed by atoms with Crippen molar-refractivity contribution in [1.29, 1.82) is 0 Å². The van der Waals surface area contributed by atoms with Gasteiger partial charge in [0, 0.05) is 17.5 Å². The number of aliphatic hydroxyl groups excluding tert-OH is 1. The van der Waals surface area contributed by atoms with Crippen molar-refractivity contribution >= 4 is 5.91 Å². The minimum absolute atomic E-state index is 0.0562. The Bertz CT molecular complexity index is 681. The first-order valence-corrected chi connectivity index (χ1v) is 7.94. The molecule has 0 heterocycles. The van der Waals surface area contributed by atoms with E-state index in [1.807, 2.05) is 19.1 Å². The molecule has 1 aliphatic carbocycles. The van der Waals surface area contributed by atoms with Crippen molar-refractivity contribution in [3.8, 4) is 5.75 Å². The summed E-state index contributed by atoms with van der Waals surface area (Å²) in [7, 11) is 0. The quantitative estimate of drug-likeness (QED) is 0.862. The van der Waals surface area contributed by atoms with Gasteiger partial charge in [0.1, 0.15) is 5.75 Å². The van der Waals surface area contributed by atoms with Crippen LogP contribution in [0, 0.1) is 0 Å². The van der Waals surface area contributed by atoms with E-state index in [4.69, 9.17) is 9.84 Å². The molecule has 0 radical (unpaired) electrons. The van der Waals surface area contributed by atoms with Gasteiger partial charge in [-0.3, -0.25) is 4.79 Å². The van der Waals surface area contributed by atoms with Crippen LogP contribution in [0.4, 0.5) is 0 Å². The standard InChI is InChI=1S/C19H21NO3/c1-2-23-16-8-6-14(7-9-16)17-11-18(17)20-19(22)15-5-3-4-13(10-15)12-21/h3-10,17-18,21H,2,11-12H2,1H3,(H,20,22)/t17-,18+/m0/s1. The Hall–Kier alpha value is -2.33. The molecule has 2 aromatic carbocycles. The number of benzene rings is 2. The van der Waals surface area contributed by atoms with E-state index in [2.05, 4.69) is 17.4 Å². The summed E-state index contributed by atoms with van der Waals surface area (Å²) >= 11 is 0. The average Bonchev–Trinajstić information content (AvgIpc) is 3.35. The van der Waals surface area contributed by atoms with Gasteiger partial charge in [0.25, 0.3) is 5.91 Å². The van der Waals surface area contributed by atoms with Crippen LogP contribution in [0.5, 0.6) is 5.75 Å². The summed E-state index contributed by atoms with van der Waals surface area (Å²) in [5, 5.41) is 12.2. The molecule has 0 saturated heterocycles. The Morgan fingerprint density at radius 1 is 1.26 bits per heavy atom. The van der Waals surface area contributed by atoms with Crippen LogP contribution in [0.15, 0.2) is 48.5 Å². The Morgan fingerprint density at radius 3 is 2.74 bits per heavy atom. The highest BCUT2D eigenvalue weighted by Crippen LogP contribution is 2.41. The van der Waals surface area contributed by atoms with E-state index in [0.717, 1.165) is 17.7 Å². The molecule has 1 amide bonds. The van der Waals surface area contributed by atoms with Gasteiger partial charge < -0.3 is 15.2 Å². The van der Waals surface area contributed by atoms with E-state index >= 15 is 0 Å². The van der Waals surface area contributed by atoms with Crippen LogP contribution >= 0.6 is 0 Å². The summed E-state index contributed by atoms with van der Waals surface area (Å²) in [5.74, 6) is 1.16. The second-order valence-corrected chi connectivity index (χ2v) is 5.78. The SMILES string of the molecule is CCOc1ccc([C@@H]2C[C@H]2NC(=O)c2cccc(CO)c2)cc1. The summed E-state index contributed by atoms with van der Waals surface area (Å²) in [6, 6.07) is 15.3. The topological polar surface area (TPSA) is 58.6 Å². The molecule has 2 N–H and O–H groups in total. The van der Waals surface area contributed by atoms with Crippen LogP contribution in [-0.2, 0) is 6.61 Å². The third kappa shape index (κ3) is 3.71. The van der Waals surface area contributed by atoms with Crippen molar-refractivity contribution in [1.82, 2.24) is 5.32 Å². The summed E-state index contributed by atoms with van der Waals surface area (Å²) in [5.41, 5.74) is 2.56. The van der Waals surface area contributed by atoms with Gasteiger partial charge >= 0.3 is 0 Å². The van der Waals surface area contributed by atoms with E-state index in [0.29, 0.717) is 18.1 Å². The fourth-order valence-electron chi connectivity index (χ4n) is 2.76. The van der Waals surface area contributed by atoms with Crippen molar-refractivity contribution in [2.24, 2.45) is 0 Å². The lowest BCUT2D eigenvalue weighted by molar-refractivity contribution is 0.0950. The van der Waals surface area contributed by atoms with Gasteiger partial charge in [0.2, 0.25) is 0 Å². The Labute approximate surface area is 136 Å². The zero-order chi connectivity index (χ0) is 16.2. The lowest BCUT2D eigenvalue weighted by atomic mass is 10.1. The predicted molar refractivity (Wildman–Crippen MR) is 88.6 cm³/mol. The summed E-state index contributed by atoms with van der Waals surface area (Å²) in [6.45, 7) is 2.57. The maximum absolute atomic E-state index is 12.3. The van der Waals surface area contributed by atoms with Gasteiger partial charge in [-0.15, -0.1) is 0 Å². The van der Waals surface area contributed by atoms with Crippen LogP contribution in [0.3, 0.4) is 0 Å². The van der Waals surface area contributed by atoms with E-state index in [9.17, 15) is 4.79 Å². The fourth-order valence-corrected chi connectivity index (χ4v) is 2.76. The lowest BCUT2D eigenvalue weighted by Gasteiger charge is -2.07. The lowest BCUT2D eigenvalue weighted by Crippen LogP contribution is -2.26. The normalized spacial score (nSPS) is 19.2. The van der Waals surface area contributed by atoms with Crippen LogP contribution in [0.2, 0.25) is 0 Å². The number of rotatable bonds is 6. The number of aliphatic hydroxyl groups is 1. The predicted octanol–water partition coefficient (Wildman–Crippen LogP) is 2.86. The van der Waals surface area contributed by atoms with Gasteiger partial charge in [-0.05, 0) is 48.7 Å². The molecule has 1 saturated carbocycles. The highest BCUT2D eigenvalue weighted by molar-refractivity contribution is 5.94. The smallest absolute Gasteiger partial charge is 0.251 e. The van der Waals surface area contributed by atoms with Gasteiger partial charge in [-0.1, -0.05) is 24.3 Å². The van der Waals surface area contributed by atoms with Crippen molar-refractivity contribution in [2.75, 3.05) is 6.61 Å². The van der Waals surface area contributed by atoms with Gasteiger partial charge in [0.15, 0.2) is 0 Å². The minimum atomic E-state index is -0.0845. The molecule has 0 unspecified atom stereocenters. The molecule has 0 aromatic heterocycles. The molecule has 3 rings (SSSR count). The third-order valence-electron chi connectivity index (χ3n) is 4.10. The van der Waals surface area contributed by atoms with Gasteiger partial charge in [0.05, 0.1) is 13.2 Å². The Morgan fingerprint density at radius 2 is 2.04 bits per heavy atom. The van der Waals surface area contributed by atoms with E-state index in [1.54, 1.807) is 24.3 Å². The first kappa shape index (κ1) is 15.6. The first-order valence-electron chi connectivity index (χ1n) is 7.94. The molecule has 1 aliphatic rings. The van der Waals surface area contributed by atoms with Gasteiger partial charge in [-0.25, -0.2) is 0 Å². The van der Waals surface area contributed by atoms with Crippen LogP contribution in [0.1, 0.15) is 40.7 Å². The van der Waals surface area contributed by atoms with E-state index < -0.39 is 0 Å². The number of ether oxygens (including phenoxy) is 1. The second-order valence-electron chi connectivity index (χ2n) is 5.78. The van der Waals surface area contributed by atoms with Crippen LogP contribution in [-0.4, -0.2) is 23.7 Å². The maximum Gasteiger partial charge on any atom is 0.251 e. The van der Waals surface area contributed by atoms with Gasteiger partial charge in [-0.2, -0.15) is 0 Å². The molecule has 0 aliphatic heterocycles. The third-order valence-corrected chi connectivity index (χ3v) is 4.10.